The van der Waals surface area contributed by atoms with Crippen LogP contribution in [0.4, 0.5) is 10.2 Å². The van der Waals surface area contributed by atoms with E-state index in [1.54, 1.807) is 27.9 Å². The number of anilines is 1. The summed E-state index contributed by atoms with van der Waals surface area (Å²) in [4.78, 5) is 17.0. The van der Waals surface area contributed by atoms with E-state index in [-0.39, 0.29) is 24.2 Å². The van der Waals surface area contributed by atoms with Gasteiger partial charge in [0.05, 0.1) is 0 Å². The molecule has 0 unspecified atom stereocenters. The second kappa shape index (κ2) is 8.44. The van der Waals surface area contributed by atoms with E-state index in [1.807, 2.05) is 19.1 Å². The number of fused-ring (bicyclic) bond motifs is 1. The molecule has 3 aromatic rings. The monoisotopic (exact) mass is 460 g/mol. The fraction of sp³-hybridized carbons (Fsp3) is 0.400. The predicted octanol–water partition coefficient (Wildman–Crippen LogP) is 3.29. The molecule has 0 spiro atoms. The number of aromatic nitrogens is 4. The lowest BCUT2D eigenvalue weighted by Crippen LogP contribution is -2.42. The van der Waals surface area contributed by atoms with Crippen molar-refractivity contribution >= 4 is 33.3 Å². The number of hydrogen-bond acceptors (Lipinski definition) is 5. The maximum Gasteiger partial charge on any atom is 0.226 e. The topological polar surface area (TPSA) is 66.6 Å². The number of benzene rings is 1. The lowest BCUT2D eigenvalue weighted by Gasteiger charge is -2.34. The number of halogens is 2. The summed E-state index contributed by atoms with van der Waals surface area (Å²) in [6, 6.07) is 8.65. The molecule has 1 aliphatic heterocycles. The van der Waals surface area contributed by atoms with Gasteiger partial charge in [-0.3, -0.25) is 4.79 Å². The quantitative estimate of drug-likeness (QED) is 0.584. The molecular formula is C20H22BrFN6O. The molecule has 1 saturated heterocycles. The van der Waals surface area contributed by atoms with Crippen LogP contribution in [0, 0.1) is 11.7 Å². The van der Waals surface area contributed by atoms with Crippen molar-refractivity contribution in [3.05, 3.63) is 52.5 Å². The van der Waals surface area contributed by atoms with Crippen molar-refractivity contribution in [1.29, 1.82) is 0 Å². The van der Waals surface area contributed by atoms with Crippen LogP contribution in [-0.4, -0.2) is 50.3 Å². The second-order valence-electron chi connectivity index (χ2n) is 7.17. The number of hydrogen-bond donors (Lipinski definition) is 0. The van der Waals surface area contributed by atoms with Gasteiger partial charge in [0.1, 0.15) is 18.0 Å². The molecule has 0 radical (unpaired) electrons. The summed E-state index contributed by atoms with van der Waals surface area (Å²) in [5.41, 5.74) is 1.23. The van der Waals surface area contributed by atoms with Gasteiger partial charge in [-0.2, -0.15) is 4.52 Å². The fourth-order valence-electron chi connectivity index (χ4n) is 3.72. The number of piperidine rings is 1. The smallest absolute Gasteiger partial charge is 0.226 e. The Morgan fingerprint density at radius 2 is 2.07 bits per heavy atom. The summed E-state index contributed by atoms with van der Waals surface area (Å²) in [6.45, 7) is 4.27. The summed E-state index contributed by atoms with van der Waals surface area (Å²) >= 11 is 3.37. The summed E-state index contributed by atoms with van der Waals surface area (Å²) in [6.07, 6.45) is 3.08. The highest BCUT2D eigenvalue weighted by Crippen LogP contribution is 2.25. The van der Waals surface area contributed by atoms with E-state index < -0.39 is 0 Å². The third kappa shape index (κ3) is 4.24. The summed E-state index contributed by atoms with van der Waals surface area (Å²) in [5.74, 6) is 0.602. The van der Waals surface area contributed by atoms with Gasteiger partial charge in [0.25, 0.3) is 0 Å². The Morgan fingerprint density at radius 3 is 2.83 bits per heavy atom. The van der Waals surface area contributed by atoms with Crippen LogP contribution in [0.2, 0.25) is 0 Å². The number of rotatable bonds is 5. The normalized spacial score (nSPS) is 15.1. The maximum atomic E-state index is 14.1. The van der Waals surface area contributed by atoms with Crippen molar-refractivity contribution in [2.24, 2.45) is 5.92 Å². The van der Waals surface area contributed by atoms with Crippen LogP contribution in [-0.2, 0) is 11.3 Å². The zero-order chi connectivity index (χ0) is 20.4. The molecule has 1 fully saturated rings. The molecule has 1 aromatic carbocycles. The van der Waals surface area contributed by atoms with E-state index in [4.69, 9.17) is 0 Å². The van der Waals surface area contributed by atoms with Gasteiger partial charge < -0.3 is 9.80 Å². The van der Waals surface area contributed by atoms with Gasteiger partial charge in [0.15, 0.2) is 5.65 Å². The Labute approximate surface area is 176 Å². The van der Waals surface area contributed by atoms with Gasteiger partial charge in [0.2, 0.25) is 5.91 Å². The molecule has 152 valence electrons. The van der Waals surface area contributed by atoms with Gasteiger partial charge in [-0.15, -0.1) is 15.3 Å². The Kier molecular flexibility index (Phi) is 5.75. The van der Waals surface area contributed by atoms with E-state index in [9.17, 15) is 9.18 Å². The molecule has 0 aliphatic carbocycles. The number of carbonyl (C=O) groups is 1. The molecule has 0 N–H and O–H groups in total. The summed E-state index contributed by atoms with van der Waals surface area (Å²) < 4.78 is 16.6. The zero-order valence-electron chi connectivity index (χ0n) is 16.1. The van der Waals surface area contributed by atoms with Gasteiger partial charge in [0, 0.05) is 42.1 Å². The lowest BCUT2D eigenvalue weighted by molar-refractivity contribution is -0.136. The van der Waals surface area contributed by atoms with Gasteiger partial charge in [-0.05, 0) is 50.1 Å². The molecule has 29 heavy (non-hydrogen) atoms. The van der Waals surface area contributed by atoms with Crippen molar-refractivity contribution in [2.75, 3.05) is 24.5 Å². The van der Waals surface area contributed by atoms with E-state index in [0.717, 1.165) is 36.2 Å². The third-order valence-corrected chi connectivity index (χ3v) is 5.87. The largest absolute Gasteiger partial charge is 0.355 e. The first-order valence-electron chi connectivity index (χ1n) is 9.70. The van der Waals surface area contributed by atoms with Crippen molar-refractivity contribution in [3.63, 3.8) is 0 Å². The number of amides is 1. The first-order valence-corrected chi connectivity index (χ1v) is 10.5. The molecule has 1 aliphatic rings. The molecule has 4 rings (SSSR count). The first-order chi connectivity index (χ1) is 14.0. The molecule has 0 atom stereocenters. The minimum Gasteiger partial charge on any atom is -0.355 e. The average Bonchev–Trinajstić information content (AvgIpc) is 3.22. The standard InChI is InChI=1S/C20H22BrFN6O/c1-2-26(12-15-11-16(21)3-4-17(15)22)20(29)14-7-9-27(10-8-14)19-6-5-18-24-23-13-28(18)25-19/h3-6,11,13-14H,2,7-10,12H2,1H3. The molecule has 0 bridgehead atoms. The highest BCUT2D eigenvalue weighted by molar-refractivity contribution is 9.10. The van der Waals surface area contributed by atoms with Crippen LogP contribution < -0.4 is 4.90 Å². The lowest BCUT2D eigenvalue weighted by atomic mass is 9.95. The van der Waals surface area contributed by atoms with Gasteiger partial charge in [-0.1, -0.05) is 15.9 Å². The minimum atomic E-state index is -0.287. The number of nitrogens with zero attached hydrogens (tertiary/aromatic N) is 6. The van der Waals surface area contributed by atoms with Crippen LogP contribution in [0.3, 0.4) is 0 Å². The van der Waals surface area contributed by atoms with Crippen molar-refractivity contribution in [3.8, 4) is 0 Å². The molecule has 7 nitrogen and oxygen atoms in total. The Balaban J connectivity index is 1.40. The molecular weight excluding hydrogens is 439 g/mol. The molecule has 1 amide bonds. The van der Waals surface area contributed by atoms with Crippen LogP contribution in [0.25, 0.3) is 5.65 Å². The van der Waals surface area contributed by atoms with Gasteiger partial charge >= 0.3 is 0 Å². The van der Waals surface area contributed by atoms with Gasteiger partial charge in [-0.25, -0.2) is 4.39 Å². The highest BCUT2D eigenvalue weighted by Gasteiger charge is 2.29. The molecule has 3 heterocycles. The predicted molar refractivity (Wildman–Crippen MR) is 111 cm³/mol. The second-order valence-corrected chi connectivity index (χ2v) is 8.09. The summed E-state index contributed by atoms with van der Waals surface area (Å²) in [5, 5.41) is 12.3. The maximum absolute atomic E-state index is 14.1. The molecule has 0 saturated carbocycles. The van der Waals surface area contributed by atoms with Crippen molar-refractivity contribution in [1.82, 2.24) is 24.7 Å². The van der Waals surface area contributed by atoms with Crippen molar-refractivity contribution < 1.29 is 9.18 Å². The van der Waals surface area contributed by atoms with E-state index in [2.05, 4.69) is 36.1 Å². The Bertz CT molecular complexity index is 1020. The Hall–Kier alpha value is -2.55. The first kappa shape index (κ1) is 19.8. The molecule has 9 heteroatoms. The van der Waals surface area contributed by atoms with Crippen LogP contribution in [0.1, 0.15) is 25.3 Å². The SMILES string of the molecule is CCN(Cc1cc(Br)ccc1F)C(=O)C1CCN(c2ccc3nncn3n2)CC1. The fourth-order valence-corrected chi connectivity index (χ4v) is 4.12. The minimum absolute atomic E-state index is 0.0555. The van der Waals surface area contributed by atoms with E-state index in [0.29, 0.717) is 17.8 Å². The third-order valence-electron chi connectivity index (χ3n) is 5.38. The van der Waals surface area contributed by atoms with Crippen molar-refractivity contribution in [2.45, 2.75) is 26.3 Å². The van der Waals surface area contributed by atoms with Crippen LogP contribution >= 0.6 is 15.9 Å². The highest BCUT2D eigenvalue weighted by atomic mass is 79.9. The zero-order valence-corrected chi connectivity index (χ0v) is 17.7. The van der Waals surface area contributed by atoms with Crippen LogP contribution in [0.15, 0.2) is 41.1 Å². The average molecular weight is 461 g/mol. The summed E-state index contributed by atoms with van der Waals surface area (Å²) in [7, 11) is 0. The van der Waals surface area contributed by atoms with E-state index in [1.165, 1.54) is 6.07 Å². The molecule has 2 aromatic heterocycles. The van der Waals surface area contributed by atoms with Crippen LogP contribution in [0.5, 0.6) is 0 Å². The van der Waals surface area contributed by atoms with E-state index >= 15 is 0 Å². The Morgan fingerprint density at radius 1 is 1.28 bits per heavy atom. The number of carbonyl (C=O) groups excluding carboxylic acids is 1.